The van der Waals surface area contributed by atoms with Gasteiger partial charge in [-0.25, -0.2) is 13.1 Å². The Labute approximate surface area is 119 Å². The maximum Gasteiger partial charge on any atom is 0.417 e. The molecule has 1 fully saturated rings. The molecule has 1 heterocycles. The molecular weight excluding hydrogens is 309 g/mol. The highest BCUT2D eigenvalue weighted by atomic mass is 32.2. The number of rotatable bonds is 4. The summed E-state index contributed by atoms with van der Waals surface area (Å²) in [4.78, 5) is 12.1. The molecule has 5 nitrogen and oxygen atoms in total. The lowest BCUT2D eigenvalue weighted by Gasteiger charge is -2.30. The molecule has 1 aromatic carbocycles. The quantitative estimate of drug-likeness (QED) is 0.906. The fourth-order valence-electron chi connectivity index (χ4n) is 1.85. The predicted molar refractivity (Wildman–Crippen MR) is 67.8 cm³/mol. The normalized spacial score (nSPS) is 15.7. The lowest BCUT2D eigenvalue weighted by Crippen LogP contribution is -2.47. The van der Waals surface area contributed by atoms with Gasteiger partial charge in [0.25, 0.3) is 0 Å². The molecular formula is C12H13F3N2O3S. The van der Waals surface area contributed by atoms with E-state index in [0.29, 0.717) is 19.2 Å². The Morgan fingerprint density at radius 2 is 1.86 bits per heavy atom. The van der Waals surface area contributed by atoms with Crippen molar-refractivity contribution in [2.24, 2.45) is 0 Å². The summed E-state index contributed by atoms with van der Waals surface area (Å²) in [7, 11) is -4.40. The number of alkyl halides is 3. The third-order valence-electron chi connectivity index (χ3n) is 3.10. The van der Waals surface area contributed by atoms with Gasteiger partial charge in [-0.3, -0.25) is 4.79 Å². The van der Waals surface area contributed by atoms with Gasteiger partial charge in [-0.2, -0.15) is 13.2 Å². The smallest absolute Gasteiger partial charge is 0.341 e. The van der Waals surface area contributed by atoms with E-state index in [2.05, 4.69) is 0 Å². The van der Waals surface area contributed by atoms with Crippen LogP contribution in [-0.2, 0) is 21.0 Å². The summed E-state index contributed by atoms with van der Waals surface area (Å²) in [5, 5.41) is 0. The van der Waals surface area contributed by atoms with E-state index in [1.807, 2.05) is 4.72 Å². The Bertz CT molecular complexity index is 639. The topological polar surface area (TPSA) is 66.5 Å². The molecule has 1 amide bonds. The predicted octanol–water partition coefficient (Wildman–Crippen LogP) is 1.22. The van der Waals surface area contributed by atoms with E-state index in [1.165, 1.54) is 11.0 Å². The number of benzene rings is 1. The van der Waals surface area contributed by atoms with Gasteiger partial charge in [0.2, 0.25) is 15.9 Å². The number of hydrogen-bond acceptors (Lipinski definition) is 3. The first kappa shape index (κ1) is 15.8. The fraction of sp³-hybridized carbons (Fsp3) is 0.417. The number of sulfonamides is 1. The van der Waals surface area contributed by atoms with E-state index < -0.39 is 39.1 Å². The van der Waals surface area contributed by atoms with Gasteiger partial charge in [-0.05, 0) is 18.6 Å². The SMILES string of the molecule is O=C(CNS(=O)(=O)c1ccccc1C(F)(F)F)N1CCC1. The molecule has 0 saturated carbocycles. The molecule has 1 aromatic rings. The number of nitrogens with one attached hydrogen (secondary N) is 1. The van der Waals surface area contributed by atoms with Crippen molar-refractivity contribution in [2.75, 3.05) is 19.6 Å². The first-order chi connectivity index (χ1) is 9.72. The van der Waals surface area contributed by atoms with Crippen LogP contribution in [0.25, 0.3) is 0 Å². The lowest BCUT2D eigenvalue weighted by molar-refractivity contribution is -0.139. The lowest BCUT2D eigenvalue weighted by atomic mass is 10.2. The minimum absolute atomic E-state index is 0.450. The van der Waals surface area contributed by atoms with Gasteiger partial charge in [0.1, 0.15) is 0 Å². The van der Waals surface area contributed by atoms with Crippen LogP contribution in [0, 0.1) is 0 Å². The Hall–Kier alpha value is -1.61. The van der Waals surface area contributed by atoms with E-state index in [-0.39, 0.29) is 0 Å². The maximum absolute atomic E-state index is 12.8. The molecule has 1 N–H and O–H groups in total. The first-order valence-corrected chi connectivity index (χ1v) is 7.64. The van der Waals surface area contributed by atoms with Crippen molar-refractivity contribution in [2.45, 2.75) is 17.5 Å². The summed E-state index contributed by atoms with van der Waals surface area (Å²) in [6, 6.07) is 3.85. The van der Waals surface area contributed by atoms with Crippen LogP contribution in [0.1, 0.15) is 12.0 Å². The van der Waals surface area contributed by atoms with Crippen LogP contribution in [0.2, 0.25) is 0 Å². The molecule has 21 heavy (non-hydrogen) atoms. The fourth-order valence-corrected chi connectivity index (χ4v) is 3.05. The molecule has 0 aromatic heterocycles. The minimum atomic E-state index is -4.78. The number of likely N-dealkylation sites (tertiary alicyclic amines) is 1. The van der Waals surface area contributed by atoms with Crippen molar-refractivity contribution in [3.8, 4) is 0 Å². The summed E-state index contributed by atoms with van der Waals surface area (Å²) in [6.07, 6.45) is -3.94. The van der Waals surface area contributed by atoms with Gasteiger partial charge in [0.15, 0.2) is 0 Å². The van der Waals surface area contributed by atoms with Crippen LogP contribution >= 0.6 is 0 Å². The molecule has 2 rings (SSSR count). The zero-order valence-corrected chi connectivity index (χ0v) is 11.7. The van der Waals surface area contributed by atoms with Crippen molar-refractivity contribution in [3.63, 3.8) is 0 Å². The van der Waals surface area contributed by atoms with Crippen molar-refractivity contribution < 1.29 is 26.4 Å². The van der Waals surface area contributed by atoms with Crippen LogP contribution in [-0.4, -0.2) is 38.9 Å². The van der Waals surface area contributed by atoms with E-state index in [9.17, 15) is 26.4 Å². The number of amides is 1. The minimum Gasteiger partial charge on any atom is -0.341 e. The van der Waals surface area contributed by atoms with Gasteiger partial charge >= 0.3 is 6.18 Å². The second kappa shape index (κ2) is 5.64. The van der Waals surface area contributed by atoms with Gasteiger partial charge < -0.3 is 4.90 Å². The second-order valence-electron chi connectivity index (χ2n) is 4.55. The van der Waals surface area contributed by atoms with Crippen LogP contribution in [0.15, 0.2) is 29.2 Å². The second-order valence-corrected chi connectivity index (χ2v) is 6.29. The zero-order valence-electron chi connectivity index (χ0n) is 10.9. The summed E-state index contributed by atoms with van der Waals surface area (Å²) in [6.45, 7) is 0.536. The molecule has 116 valence electrons. The third kappa shape index (κ3) is 3.53. The molecule has 0 aliphatic carbocycles. The zero-order chi connectivity index (χ0) is 15.7. The Morgan fingerprint density at radius 3 is 2.38 bits per heavy atom. The number of carbonyl (C=O) groups excluding carboxylic acids is 1. The van der Waals surface area contributed by atoms with E-state index >= 15 is 0 Å². The average Bonchev–Trinajstić information content (AvgIpc) is 2.33. The maximum atomic E-state index is 12.8. The highest BCUT2D eigenvalue weighted by Gasteiger charge is 2.37. The molecule has 1 aliphatic rings. The van der Waals surface area contributed by atoms with Crippen LogP contribution in [0.3, 0.4) is 0 Å². The van der Waals surface area contributed by atoms with E-state index in [1.54, 1.807) is 0 Å². The molecule has 1 aliphatic heterocycles. The van der Waals surface area contributed by atoms with Gasteiger partial charge in [-0.15, -0.1) is 0 Å². The van der Waals surface area contributed by atoms with Crippen molar-refractivity contribution in [1.82, 2.24) is 9.62 Å². The Kier molecular flexibility index (Phi) is 4.24. The largest absolute Gasteiger partial charge is 0.417 e. The van der Waals surface area contributed by atoms with Crippen molar-refractivity contribution >= 4 is 15.9 Å². The van der Waals surface area contributed by atoms with Gasteiger partial charge in [0, 0.05) is 13.1 Å². The Morgan fingerprint density at radius 1 is 1.24 bits per heavy atom. The Balaban J connectivity index is 2.18. The van der Waals surface area contributed by atoms with Crippen LogP contribution in [0.5, 0.6) is 0 Å². The van der Waals surface area contributed by atoms with Gasteiger partial charge in [-0.1, -0.05) is 12.1 Å². The molecule has 0 atom stereocenters. The number of halogens is 3. The van der Waals surface area contributed by atoms with Crippen LogP contribution < -0.4 is 4.72 Å². The van der Waals surface area contributed by atoms with E-state index in [4.69, 9.17) is 0 Å². The van der Waals surface area contributed by atoms with E-state index in [0.717, 1.165) is 18.6 Å². The summed E-state index contributed by atoms with van der Waals surface area (Å²) < 4.78 is 64.2. The average molecular weight is 322 g/mol. The third-order valence-corrected chi connectivity index (χ3v) is 4.56. The molecule has 0 radical (unpaired) electrons. The molecule has 0 unspecified atom stereocenters. The highest BCUT2D eigenvalue weighted by Crippen LogP contribution is 2.33. The summed E-state index contributed by atoms with van der Waals surface area (Å²) in [5.74, 6) is -0.450. The standard InChI is InChI=1S/C12H13F3N2O3S/c13-12(14,15)9-4-1-2-5-10(9)21(19,20)16-8-11(18)17-6-3-7-17/h1-2,4-5,16H,3,6-8H2. The van der Waals surface area contributed by atoms with Crippen molar-refractivity contribution in [3.05, 3.63) is 29.8 Å². The number of nitrogens with zero attached hydrogens (tertiary/aromatic N) is 1. The molecule has 1 saturated heterocycles. The summed E-state index contributed by atoms with van der Waals surface area (Å²) in [5.41, 5.74) is -1.26. The monoisotopic (exact) mass is 322 g/mol. The first-order valence-electron chi connectivity index (χ1n) is 6.15. The van der Waals surface area contributed by atoms with Crippen LogP contribution in [0.4, 0.5) is 13.2 Å². The van der Waals surface area contributed by atoms with Gasteiger partial charge in [0.05, 0.1) is 17.0 Å². The number of carbonyl (C=O) groups is 1. The molecule has 0 spiro atoms. The van der Waals surface area contributed by atoms with Crippen molar-refractivity contribution in [1.29, 1.82) is 0 Å². The molecule has 0 bridgehead atoms. The molecule has 9 heteroatoms. The number of hydrogen-bond donors (Lipinski definition) is 1. The highest BCUT2D eigenvalue weighted by molar-refractivity contribution is 7.89. The summed E-state index contributed by atoms with van der Waals surface area (Å²) >= 11 is 0.